The van der Waals surface area contributed by atoms with Gasteiger partial charge in [-0.05, 0) is 43.9 Å². The topological polar surface area (TPSA) is 58.6 Å². The third-order valence-corrected chi connectivity index (χ3v) is 4.17. The van der Waals surface area contributed by atoms with Gasteiger partial charge < -0.3 is 15.0 Å². The normalized spacial score (nSPS) is 11.8. The van der Waals surface area contributed by atoms with E-state index in [4.69, 9.17) is 4.74 Å². The first kappa shape index (κ1) is 19.7. The molecule has 0 spiro atoms. The predicted octanol–water partition coefficient (Wildman–Crippen LogP) is 3.08. The number of carbonyl (C=O) groups excluding carboxylic acids is 2. The summed E-state index contributed by atoms with van der Waals surface area (Å²) in [5.41, 5.74) is 1.80. The van der Waals surface area contributed by atoms with E-state index in [1.54, 1.807) is 24.3 Å². The molecule has 26 heavy (non-hydrogen) atoms. The summed E-state index contributed by atoms with van der Waals surface area (Å²) in [6.45, 7) is 2.27. The van der Waals surface area contributed by atoms with E-state index >= 15 is 0 Å². The van der Waals surface area contributed by atoms with Gasteiger partial charge in [-0.25, -0.2) is 0 Å². The average Bonchev–Trinajstić information content (AvgIpc) is 2.67. The highest BCUT2D eigenvalue weighted by atomic mass is 16.5. The molecule has 2 aromatic carbocycles. The van der Waals surface area contributed by atoms with Crippen molar-refractivity contribution in [1.29, 1.82) is 0 Å². The van der Waals surface area contributed by atoms with Crippen LogP contribution in [0.1, 0.15) is 35.3 Å². The summed E-state index contributed by atoms with van der Waals surface area (Å²) in [6.07, 6.45) is 0.469. The van der Waals surface area contributed by atoms with E-state index < -0.39 is 0 Å². The molecule has 0 aliphatic carbocycles. The number of amides is 1. The van der Waals surface area contributed by atoms with E-state index in [2.05, 4.69) is 10.2 Å². The zero-order chi connectivity index (χ0) is 18.9. The first-order valence-electron chi connectivity index (χ1n) is 8.75. The van der Waals surface area contributed by atoms with Crippen LogP contribution in [0.25, 0.3) is 0 Å². The Morgan fingerprint density at radius 1 is 1.04 bits per heavy atom. The molecule has 0 unspecified atom stereocenters. The number of ketones is 1. The fourth-order valence-electron chi connectivity index (χ4n) is 2.63. The second kappa shape index (κ2) is 9.73. The Labute approximate surface area is 155 Å². The number of carbonyl (C=O) groups is 2. The Balaban J connectivity index is 1.83. The molecule has 1 atom stereocenters. The molecule has 0 fully saturated rings. The molecule has 5 heteroatoms. The molecular weight excluding hydrogens is 328 g/mol. The van der Waals surface area contributed by atoms with Crippen molar-refractivity contribution in [2.45, 2.75) is 19.4 Å². The van der Waals surface area contributed by atoms with Crippen LogP contribution < -0.4 is 10.1 Å². The highest BCUT2D eigenvalue weighted by Gasteiger charge is 2.15. The van der Waals surface area contributed by atoms with Crippen molar-refractivity contribution in [1.82, 2.24) is 10.2 Å². The summed E-state index contributed by atoms with van der Waals surface area (Å²) in [5, 5.41) is 2.91. The molecule has 2 aromatic rings. The van der Waals surface area contributed by atoms with Gasteiger partial charge in [0, 0.05) is 18.5 Å². The van der Waals surface area contributed by atoms with Gasteiger partial charge in [0.25, 0.3) is 5.91 Å². The van der Waals surface area contributed by atoms with Crippen LogP contribution in [0.2, 0.25) is 0 Å². The maximum absolute atomic E-state index is 12.1. The molecule has 0 heterocycles. The van der Waals surface area contributed by atoms with E-state index in [0.717, 1.165) is 5.56 Å². The largest absolute Gasteiger partial charge is 0.484 e. The third-order valence-electron chi connectivity index (χ3n) is 4.17. The lowest BCUT2D eigenvalue weighted by atomic mass is 10.1. The van der Waals surface area contributed by atoms with Gasteiger partial charge in [0.15, 0.2) is 12.4 Å². The molecule has 0 aromatic heterocycles. The number of hydrogen-bond acceptors (Lipinski definition) is 4. The number of hydrogen-bond donors (Lipinski definition) is 1. The smallest absolute Gasteiger partial charge is 0.258 e. The van der Waals surface area contributed by atoms with Crippen molar-refractivity contribution in [3.63, 3.8) is 0 Å². The number of Topliss-reactive ketones (excluding diaryl/α,β-unsaturated/α-hetero) is 1. The standard InChI is InChI=1S/C21H26N2O3/c1-4-20(24)17-10-12-18(13-11-17)26-15-21(25)22-14-19(23(2)3)16-8-6-5-7-9-16/h5-13,19H,4,14-15H2,1-3H3,(H,22,25)/t19-/m1/s1. The van der Waals surface area contributed by atoms with E-state index in [-0.39, 0.29) is 24.3 Å². The van der Waals surface area contributed by atoms with E-state index in [0.29, 0.717) is 24.3 Å². The summed E-state index contributed by atoms with van der Waals surface area (Å²) in [4.78, 5) is 25.8. The zero-order valence-corrected chi connectivity index (χ0v) is 15.6. The van der Waals surface area contributed by atoms with Crippen molar-refractivity contribution in [2.75, 3.05) is 27.2 Å². The lowest BCUT2D eigenvalue weighted by Gasteiger charge is -2.25. The summed E-state index contributed by atoms with van der Waals surface area (Å²) < 4.78 is 5.50. The van der Waals surface area contributed by atoms with Gasteiger partial charge in [0.05, 0.1) is 6.04 Å². The van der Waals surface area contributed by atoms with Gasteiger partial charge >= 0.3 is 0 Å². The van der Waals surface area contributed by atoms with Gasteiger partial charge in [-0.3, -0.25) is 9.59 Å². The quantitative estimate of drug-likeness (QED) is 0.703. The fourth-order valence-corrected chi connectivity index (χ4v) is 2.63. The molecule has 138 valence electrons. The van der Waals surface area contributed by atoms with Crippen molar-refractivity contribution < 1.29 is 14.3 Å². The number of nitrogens with one attached hydrogen (secondary N) is 1. The molecule has 5 nitrogen and oxygen atoms in total. The van der Waals surface area contributed by atoms with Crippen LogP contribution >= 0.6 is 0 Å². The van der Waals surface area contributed by atoms with Crippen LogP contribution in [-0.2, 0) is 4.79 Å². The zero-order valence-electron chi connectivity index (χ0n) is 15.6. The minimum absolute atomic E-state index is 0.0595. The SMILES string of the molecule is CCC(=O)c1ccc(OCC(=O)NC[C@H](c2ccccc2)N(C)C)cc1. The molecule has 0 aliphatic heterocycles. The highest BCUT2D eigenvalue weighted by molar-refractivity contribution is 5.95. The maximum atomic E-state index is 12.1. The Morgan fingerprint density at radius 2 is 1.69 bits per heavy atom. The van der Waals surface area contributed by atoms with Crippen molar-refractivity contribution >= 4 is 11.7 Å². The Kier molecular flexibility index (Phi) is 7.36. The summed E-state index contributed by atoms with van der Waals surface area (Å²) >= 11 is 0. The Bertz CT molecular complexity index is 712. The molecule has 0 radical (unpaired) electrons. The molecule has 1 amide bonds. The number of likely N-dealkylation sites (N-methyl/N-ethyl adjacent to an activating group) is 1. The van der Waals surface area contributed by atoms with Gasteiger partial charge in [0.1, 0.15) is 5.75 Å². The van der Waals surface area contributed by atoms with E-state index in [9.17, 15) is 9.59 Å². The number of rotatable bonds is 9. The van der Waals surface area contributed by atoms with Gasteiger partial charge in [-0.2, -0.15) is 0 Å². The Morgan fingerprint density at radius 3 is 2.27 bits per heavy atom. The second-order valence-electron chi connectivity index (χ2n) is 6.28. The minimum atomic E-state index is -0.179. The van der Waals surface area contributed by atoms with E-state index in [1.165, 1.54) is 0 Å². The molecule has 0 saturated heterocycles. The monoisotopic (exact) mass is 354 g/mol. The first-order chi connectivity index (χ1) is 12.5. The maximum Gasteiger partial charge on any atom is 0.258 e. The van der Waals surface area contributed by atoms with Crippen molar-refractivity contribution in [2.24, 2.45) is 0 Å². The molecule has 0 saturated carbocycles. The first-order valence-corrected chi connectivity index (χ1v) is 8.75. The number of ether oxygens (including phenoxy) is 1. The van der Waals surface area contributed by atoms with Gasteiger partial charge in [0.2, 0.25) is 0 Å². The van der Waals surface area contributed by atoms with Crippen LogP contribution in [0.3, 0.4) is 0 Å². The molecule has 0 bridgehead atoms. The van der Waals surface area contributed by atoms with Crippen LogP contribution in [-0.4, -0.2) is 43.8 Å². The van der Waals surface area contributed by atoms with Crippen LogP contribution in [0.15, 0.2) is 54.6 Å². The molecule has 1 N–H and O–H groups in total. The lowest BCUT2D eigenvalue weighted by molar-refractivity contribution is -0.123. The molecular formula is C21H26N2O3. The van der Waals surface area contributed by atoms with Gasteiger partial charge in [-0.15, -0.1) is 0 Å². The molecule has 0 aliphatic rings. The summed E-state index contributed by atoms with van der Waals surface area (Å²) in [7, 11) is 3.97. The number of benzene rings is 2. The van der Waals surface area contributed by atoms with E-state index in [1.807, 2.05) is 51.4 Å². The summed E-state index contributed by atoms with van der Waals surface area (Å²) in [5.74, 6) is 0.478. The molecule has 2 rings (SSSR count). The number of nitrogens with zero attached hydrogens (tertiary/aromatic N) is 1. The van der Waals surface area contributed by atoms with Crippen LogP contribution in [0.5, 0.6) is 5.75 Å². The highest BCUT2D eigenvalue weighted by Crippen LogP contribution is 2.17. The average molecular weight is 354 g/mol. The second-order valence-corrected chi connectivity index (χ2v) is 6.28. The van der Waals surface area contributed by atoms with Crippen LogP contribution in [0.4, 0.5) is 0 Å². The van der Waals surface area contributed by atoms with Gasteiger partial charge in [-0.1, -0.05) is 37.3 Å². The van der Waals surface area contributed by atoms with Crippen LogP contribution in [0, 0.1) is 0 Å². The fraction of sp³-hybridized carbons (Fsp3) is 0.333. The lowest BCUT2D eigenvalue weighted by Crippen LogP contribution is -2.36. The van der Waals surface area contributed by atoms with Crippen molar-refractivity contribution in [3.8, 4) is 5.75 Å². The Hall–Kier alpha value is -2.66. The van der Waals surface area contributed by atoms with Crippen molar-refractivity contribution in [3.05, 3.63) is 65.7 Å². The summed E-state index contributed by atoms with van der Waals surface area (Å²) in [6, 6.07) is 17.0. The minimum Gasteiger partial charge on any atom is -0.484 e. The predicted molar refractivity (Wildman–Crippen MR) is 102 cm³/mol. The third kappa shape index (κ3) is 5.70.